The third-order valence-electron chi connectivity index (χ3n) is 6.02. The van der Waals surface area contributed by atoms with Gasteiger partial charge in [-0.15, -0.1) is 0 Å². The van der Waals surface area contributed by atoms with Crippen LogP contribution in [-0.2, 0) is 20.7 Å². The number of hydrogen-bond acceptors (Lipinski definition) is 4. The van der Waals surface area contributed by atoms with E-state index >= 15 is 0 Å². The van der Waals surface area contributed by atoms with Crippen molar-refractivity contribution in [3.05, 3.63) is 60.2 Å². The topological polar surface area (TPSA) is 61.9 Å². The first kappa shape index (κ1) is 24.0. The molecule has 1 atom stereocenters. The van der Waals surface area contributed by atoms with Crippen LogP contribution in [0.2, 0.25) is 0 Å². The summed E-state index contributed by atoms with van der Waals surface area (Å²) in [6, 6.07) is 18.4. The van der Waals surface area contributed by atoms with Crippen molar-refractivity contribution in [2.24, 2.45) is 0 Å². The normalized spacial score (nSPS) is 15.7. The molecule has 1 N–H and O–H groups in total. The molecule has 6 nitrogen and oxygen atoms in total. The van der Waals surface area contributed by atoms with Crippen LogP contribution >= 0.6 is 0 Å². The molecule has 2 aromatic carbocycles. The van der Waals surface area contributed by atoms with E-state index in [9.17, 15) is 9.59 Å². The highest BCUT2D eigenvalue weighted by molar-refractivity contribution is 5.82. The molecular formula is C26H35N3O3. The van der Waals surface area contributed by atoms with Gasteiger partial charge in [-0.3, -0.25) is 9.59 Å². The maximum absolute atomic E-state index is 13.0. The average Bonchev–Trinajstić information content (AvgIpc) is 3.28. The number of hydrogen-bond donors (Lipinski definition) is 1. The Morgan fingerprint density at radius 3 is 2.50 bits per heavy atom. The van der Waals surface area contributed by atoms with Gasteiger partial charge in [0.1, 0.15) is 0 Å². The van der Waals surface area contributed by atoms with E-state index in [1.807, 2.05) is 42.3 Å². The molecule has 0 bridgehead atoms. The number of rotatable bonds is 11. The smallest absolute Gasteiger partial charge is 0.227 e. The summed E-state index contributed by atoms with van der Waals surface area (Å²) >= 11 is 0. The van der Waals surface area contributed by atoms with Gasteiger partial charge in [0.2, 0.25) is 11.8 Å². The second-order valence-corrected chi connectivity index (χ2v) is 8.36. The summed E-state index contributed by atoms with van der Waals surface area (Å²) in [7, 11) is 3.69. The molecule has 0 aromatic heterocycles. The number of likely N-dealkylation sites (N-methyl/N-ethyl adjacent to an activating group) is 2. The Kier molecular flexibility index (Phi) is 9.26. The van der Waals surface area contributed by atoms with Crippen LogP contribution in [0.1, 0.15) is 24.8 Å². The Bertz CT molecular complexity index is 854. The zero-order chi connectivity index (χ0) is 22.8. The van der Waals surface area contributed by atoms with E-state index in [2.05, 4.69) is 29.6 Å². The van der Waals surface area contributed by atoms with E-state index in [0.29, 0.717) is 32.6 Å². The predicted octanol–water partition coefficient (Wildman–Crippen LogP) is 2.97. The molecule has 1 unspecified atom stereocenters. The second kappa shape index (κ2) is 12.4. The van der Waals surface area contributed by atoms with Crippen molar-refractivity contribution in [1.82, 2.24) is 15.1 Å². The molecule has 0 aliphatic carbocycles. The Morgan fingerprint density at radius 2 is 1.78 bits per heavy atom. The third-order valence-corrected chi connectivity index (χ3v) is 6.02. The number of nitrogens with zero attached hydrogens (tertiary/aromatic N) is 2. The first-order valence-electron chi connectivity index (χ1n) is 11.5. The van der Waals surface area contributed by atoms with Crippen molar-refractivity contribution < 1.29 is 14.3 Å². The molecule has 1 aliphatic heterocycles. The maximum atomic E-state index is 13.0. The van der Waals surface area contributed by atoms with Gasteiger partial charge in [-0.05, 0) is 36.6 Å². The number of ether oxygens (including phenoxy) is 1. The number of benzene rings is 2. The number of carbonyl (C=O) groups excluding carboxylic acids is 2. The number of carbonyl (C=O) groups is 2. The summed E-state index contributed by atoms with van der Waals surface area (Å²) in [6.45, 7) is 3.25. The van der Waals surface area contributed by atoms with Crippen LogP contribution in [0.25, 0.3) is 11.1 Å². The van der Waals surface area contributed by atoms with Crippen molar-refractivity contribution in [3.63, 3.8) is 0 Å². The Hall–Kier alpha value is -2.70. The molecule has 1 fully saturated rings. The van der Waals surface area contributed by atoms with Crippen LogP contribution in [0.15, 0.2) is 54.6 Å². The largest absolute Gasteiger partial charge is 0.378 e. The Balaban J connectivity index is 1.49. The van der Waals surface area contributed by atoms with Crippen LogP contribution in [0.3, 0.4) is 0 Å². The predicted molar refractivity (Wildman–Crippen MR) is 127 cm³/mol. The van der Waals surface area contributed by atoms with Gasteiger partial charge in [-0.2, -0.15) is 0 Å². The fourth-order valence-corrected chi connectivity index (χ4v) is 4.06. The molecule has 172 valence electrons. The summed E-state index contributed by atoms with van der Waals surface area (Å²) in [5.41, 5.74) is 3.31. The molecule has 0 spiro atoms. The van der Waals surface area contributed by atoms with Gasteiger partial charge >= 0.3 is 0 Å². The van der Waals surface area contributed by atoms with Crippen molar-refractivity contribution in [3.8, 4) is 11.1 Å². The highest BCUT2D eigenvalue weighted by Gasteiger charge is 2.31. The lowest BCUT2D eigenvalue weighted by atomic mass is 10.0. The molecule has 0 saturated carbocycles. The second-order valence-electron chi connectivity index (χ2n) is 8.36. The molecule has 2 aromatic rings. The van der Waals surface area contributed by atoms with Gasteiger partial charge in [-0.1, -0.05) is 54.6 Å². The first-order valence-corrected chi connectivity index (χ1v) is 11.5. The molecule has 1 heterocycles. The zero-order valence-corrected chi connectivity index (χ0v) is 19.3. The van der Waals surface area contributed by atoms with Gasteiger partial charge in [0.25, 0.3) is 0 Å². The van der Waals surface area contributed by atoms with Crippen LogP contribution < -0.4 is 5.32 Å². The molecule has 32 heavy (non-hydrogen) atoms. The average molecular weight is 438 g/mol. The lowest BCUT2D eigenvalue weighted by molar-refractivity contribution is -0.135. The van der Waals surface area contributed by atoms with Gasteiger partial charge in [0, 0.05) is 39.1 Å². The minimum Gasteiger partial charge on any atom is -0.378 e. The van der Waals surface area contributed by atoms with Gasteiger partial charge in [0.15, 0.2) is 0 Å². The Labute approximate surface area is 191 Å². The van der Waals surface area contributed by atoms with E-state index in [1.54, 1.807) is 11.9 Å². The molecule has 3 rings (SSSR count). The molecule has 1 saturated heterocycles. The number of nitrogens with one attached hydrogen (secondary N) is 1. The van der Waals surface area contributed by atoms with Crippen molar-refractivity contribution >= 4 is 11.8 Å². The zero-order valence-electron chi connectivity index (χ0n) is 19.3. The summed E-state index contributed by atoms with van der Waals surface area (Å²) < 4.78 is 5.51. The maximum Gasteiger partial charge on any atom is 0.227 e. The molecular weight excluding hydrogens is 402 g/mol. The minimum atomic E-state index is -0.00810. The summed E-state index contributed by atoms with van der Waals surface area (Å²) in [5, 5.41) is 3.03. The van der Waals surface area contributed by atoms with Crippen LogP contribution in [0, 0.1) is 0 Å². The van der Waals surface area contributed by atoms with E-state index < -0.39 is 0 Å². The fraction of sp³-hybridized carbons (Fsp3) is 0.462. The molecule has 0 radical (unpaired) electrons. The minimum absolute atomic E-state index is 0.00810. The number of likely N-dealkylation sites (tertiary alicyclic amines) is 1. The van der Waals surface area contributed by atoms with Gasteiger partial charge in [-0.25, -0.2) is 0 Å². The monoisotopic (exact) mass is 437 g/mol. The summed E-state index contributed by atoms with van der Waals surface area (Å²) in [5.74, 6) is 0.171. The van der Waals surface area contributed by atoms with E-state index in [4.69, 9.17) is 4.74 Å². The van der Waals surface area contributed by atoms with Crippen molar-refractivity contribution in [2.45, 2.75) is 31.7 Å². The highest BCUT2D eigenvalue weighted by Crippen LogP contribution is 2.23. The summed E-state index contributed by atoms with van der Waals surface area (Å²) in [4.78, 5) is 29.2. The molecule has 6 heteroatoms. The molecule has 1 aliphatic rings. The van der Waals surface area contributed by atoms with E-state index in [1.165, 1.54) is 5.56 Å². The standard InChI is InChI=1S/C26H35N3O3/c1-27-14-17-32-18-16-28(2)25(30)20-24-9-6-15-29(24)26(31)19-21-10-12-23(13-11-21)22-7-4-3-5-8-22/h3-5,7-8,10-13,24,27H,6,9,14-20H2,1-2H3. The van der Waals surface area contributed by atoms with Crippen molar-refractivity contribution in [2.75, 3.05) is 46.9 Å². The van der Waals surface area contributed by atoms with Crippen LogP contribution in [-0.4, -0.2) is 74.6 Å². The number of amides is 2. The molecule has 2 amide bonds. The Morgan fingerprint density at radius 1 is 1.06 bits per heavy atom. The fourth-order valence-electron chi connectivity index (χ4n) is 4.06. The SMILES string of the molecule is CNCCOCCN(C)C(=O)CC1CCCN1C(=O)Cc1ccc(-c2ccccc2)cc1. The van der Waals surface area contributed by atoms with Gasteiger partial charge < -0.3 is 19.9 Å². The summed E-state index contributed by atoms with van der Waals surface area (Å²) in [6.07, 6.45) is 2.59. The lowest BCUT2D eigenvalue weighted by Gasteiger charge is -2.26. The van der Waals surface area contributed by atoms with Crippen molar-refractivity contribution in [1.29, 1.82) is 0 Å². The highest BCUT2D eigenvalue weighted by atomic mass is 16.5. The third kappa shape index (κ3) is 6.90. The first-order chi connectivity index (χ1) is 15.6. The van der Waals surface area contributed by atoms with Crippen LogP contribution in [0.4, 0.5) is 0 Å². The quantitative estimate of drug-likeness (QED) is 0.549. The van der Waals surface area contributed by atoms with E-state index in [-0.39, 0.29) is 17.9 Å². The lowest BCUT2D eigenvalue weighted by Crippen LogP contribution is -2.41. The van der Waals surface area contributed by atoms with Crippen LogP contribution in [0.5, 0.6) is 0 Å². The van der Waals surface area contributed by atoms with Gasteiger partial charge in [0.05, 0.1) is 19.6 Å². The van der Waals surface area contributed by atoms with E-state index in [0.717, 1.165) is 37.1 Å².